The van der Waals surface area contributed by atoms with Crippen LogP contribution in [0.2, 0.25) is 5.02 Å². The second kappa shape index (κ2) is 11.2. The number of halogens is 1. The zero-order valence-corrected chi connectivity index (χ0v) is 18.9. The molecular weight excluding hydrogens is 464 g/mol. The number of nitrogens with one attached hydrogen (secondary N) is 1. The lowest BCUT2D eigenvalue weighted by molar-refractivity contribution is -0.118. The molecule has 0 unspecified atom stereocenters. The number of phenols is 1. The summed E-state index contributed by atoms with van der Waals surface area (Å²) in [4.78, 5) is 12.0. The zero-order chi connectivity index (χ0) is 21.3. The average molecular weight is 481 g/mol. The number of nitrogens with zero attached hydrogens (tertiary/aromatic N) is 3. The van der Waals surface area contributed by atoms with Crippen LogP contribution in [0.5, 0.6) is 11.5 Å². The number of methoxy groups -OCH3 is 1. The number of hydrogen-bond donors (Lipinski definition) is 2. The summed E-state index contributed by atoms with van der Waals surface area (Å²) in [5.41, 5.74) is 3.89. The van der Waals surface area contributed by atoms with Crippen LogP contribution in [0.3, 0.4) is 0 Å². The molecule has 1 heterocycles. The van der Waals surface area contributed by atoms with Gasteiger partial charge in [-0.05, 0) is 23.8 Å². The summed E-state index contributed by atoms with van der Waals surface area (Å²) in [5, 5.41) is 22.8. The summed E-state index contributed by atoms with van der Waals surface area (Å²) < 4.78 is 6.53. The maximum absolute atomic E-state index is 12.0. The van der Waals surface area contributed by atoms with E-state index < -0.39 is 0 Å². The first-order valence-electron chi connectivity index (χ1n) is 8.57. The Kier molecular flexibility index (Phi) is 8.38. The van der Waals surface area contributed by atoms with Crippen molar-refractivity contribution < 1.29 is 14.6 Å². The lowest BCUT2D eigenvalue weighted by Crippen LogP contribution is -2.19. The lowest BCUT2D eigenvalue weighted by atomic mass is 10.2. The maximum Gasteiger partial charge on any atom is 0.250 e. The summed E-state index contributed by atoms with van der Waals surface area (Å²) in [6.45, 7) is 0. The Balaban J connectivity index is 1.45. The number of thioether (sulfide) groups is 2. The fraction of sp³-hybridized carbons (Fsp3) is 0.158. The van der Waals surface area contributed by atoms with E-state index in [0.717, 1.165) is 14.9 Å². The Morgan fingerprint density at radius 3 is 2.77 bits per heavy atom. The quantitative estimate of drug-likeness (QED) is 0.265. The van der Waals surface area contributed by atoms with Gasteiger partial charge in [0.15, 0.2) is 20.2 Å². The van der Waals surface area contributed by atoms with E-state index in [1.165, 1.54) is 36.4 Å². The van der Waals surface area contributed by atoms with Gasteiger partial charge in [-0.25, -0.2) is 5.43 Å². The van der Waals surface area contributed by atoms with E-state index in [1.54, 1.807) is 30.0 Å². The number of rotatable bonds is 9. The van der Waals surface area contributed by atoms with Crippen LogP contribution in [-0.2, 0) is 10.5 Å². The Labute approximate surface area is 190 Å². The second-order valence-electron chi connectivity index (χ2n) is 5.69. The van der Waals surface area contributed by atoms with Crippen molar-refractivity contribution in [2.75, 3.05) is 12.9 Å². The van der Waals surface area contributed by atoms with E-state index in [-0.39, 0.29) is 17.4 Å². The fourth-order valence-corrected chi connectivity index (χ4v) is 5.31. The molecule has 0 saturated heterocycles. The number of phenolic OH excluding ortho intramolecular Hbond substituents is 1. The topological polar surface area (TPSA) is 96.7 Å². The van der Waals surface area contributed by atoms with Gasteiger partial charge in [-0.2, -0.15) is 5.10 Å². The third-order valence-electron chi connectivity index (χ3n) is 3.67. The first-order chi connectivity index (χ1) is 14.6. The number of ether oxygens (including phenoxy) is 1. The number of carbonyl (C=O) groups excluding carboxylic acids is 1. The molecule has 0 radical (unpaired) electrons. The third-order valence-corrected chi connectivity index (χ3v) is 7.27. The highest BCUT2D eigenvalue weighted by Crippen LogP contribution is 2.32. The molecule has 2 N–H and O–H groups in total. The van der Waals surface area contributed by atoms with Crippen molar-refractivity contribution >= 4 is 58.6 Å². The number of para-hydroxylation sites is 1. The molecule has 1 aromatic heterocycles. The average Bonchev–Trinajstić information content (AvgIpc) is 3.21. The first kappa shape index (κ1) is 22.4. The highest BCUT2D eigenvalue weighted by molar-refractivity contribution is 8.03. The summed E-state index contributed by atoms with van der Waals surface area (Å²) in [6, 6.07) is 12.7. The molecule has 11 heteroatoms. The van der Waals surface area contributed by atoms with E-state index in [2.05, 4.69) is 20.7 Å². The molecule has 1 amide bonds. The van der Waals surface area contributed by atoms with Gasteiger partial charge in [-0.3, -0.25) is 4.79 Å². The number of carbonyl (C=O) groups is 1. The number of aromatic nitrogens is 2. The van der Waals surface area contributed by atoms with Crippen molar-refractivity contribution in [3.63, 3.8) is 0 Å². The van der Waals surface area contributed by atoms with Crippen LogP contribution >= 0.6 is 46.5 Å². The minimum absolute atomic E-state index is 0.0388. The van der Waals surface area contributed by atoms with Crippen molar-refractivity contribution in [2.45, 2.75) is 14.4 Å². The lowest BCUT2D eigenvalue weighted by Gasteiger charge is -2.04. The molecule has 0 aliphatic heterocycles. The smallest absolute Gasteiger partial charge is 0.250 e. The van der Waals surface area contributed by atoms with Crippen LogP contribution in [0, 0.1) is 0 Å². The minimum Gasteiger partial charge on any atom is -0.504 e. The zero-order valence-electron chi connectivity index (χ0n) is 15.7. The molecular formula is C19H17ClN4O3S3. The van der Waals surface area contributed by atoms with E-state index in [0.29, 0.717) is 21.4 Å². The van der Waals surface area contributed by atoms with Crippen LogP contribution in [0.1, 0.15) is 11.1 Å². The molecule has 0 spiro atoms. The Morgan fingerprint density at radius 1 is 1.23 bits per heavy atom. The molecule has 0 atom stereocenters. The molecule has 0 bridgehead atoms. The van der Waals surface area contributed by atoms with Gasteiger partial charge in [0.2, 0.25) is 0 Å². The van der Waals surface area contributed by atoms with Gasteiger partial charge in [0, 0.05) is 16.3 Å². The largest absolute Gasteiger partial charge is 0.504 e. The van der Waals surface area contributed by atoms with Crippen molar-refractivity contribution in [3.05, 3.63) is 58.6 Å². The van der Waals surface area contributed by atoms with Crippen molar-refractivity contribution in [1.82, 2.24) is 15.6 Å². The first-order valence-corrected chi connectivity index (χ1v) is 11.7. The molecule has 0 saturated carbocycles. The number of benzene rings is 2. The Hall–Kier alpha value is -2.27. The summed E-state index contributed by atoms with van der Waals surface area (Å²) in [7, 11) is 1.46. The Bertz CT molecular complexity index is 1050. The summed E-state index contributed by atoms with van der Waals surface area (Å²) >= 11 is 10.4. The number of amides is 1. The van der Waals surface area contributed by atoms with Crippen LogP contribution in [-0.4, -0.2) is 40.3 Å². The van der Waals surface area contributed by atoms with Gasteiger partial charge in [0.25, 0.3) is 5.91 Å². The molecule has 0 fully saturated rings. The van der Waals surface area contributed by atoms with Crippen LogP contribution in [0.4, 0.5) is 0 Å². The van der Waals surface area contributed by atoms with Gasteiger partial charge < -0.3 is 9.84 Å². The van der Waals surface area contributed by atoms with Gasteiger partial charge in [-0.1, -0.05) is 70.7 Å². The van der Waals surface area contributed by atoms with Crippen LogP contribution in [0.25, 0.3) is 0 Å². The highest BCUT2D eigenvalue weighted by Gasteiger charge is 2.10. The van der Waals surface area contributed by atoms with Gasteiger partial charge in [0.1, 0.15) is 0 Å². The highest BCUT2D eigenvalue weighted by atomic mass is 35.5. The molecule has 3 aromatic rings. The van der Waals surface area contributed by atoms with E-state index in [1.807, 2.05) is 24.3 Å². The van der Waals surface area contributed by atoms with Crippen molar-refractivity contribution in [2.24, 2.45) is 5.10 Å². The SMILES string of the molecule is COc1cccc(/C=N\NC(=O)CSc2nnc(SCc3ccccc3Cl)s2)c1O. The second-order valence-corrected chi connectivity index (χ2v) is 9.52. The molecule has 7 nitrogen and oxygen atoms in total. The molecule has 2 aromatic carbocycles. The maximum atomic E-state index is 12.0. The molecule has 0 aliphatic rings. The molecule has 3 rings (SSSR count). The number of aromatic hydroxyl groups is 1. The number of hydrogen-bond acceptors (Lipinski definition) is 9. The van der Waals surface area contributed by atoms with Crippen LogP contribution < -0.4 is 10.2 Å². The van der Waals surface area contributed by atoms with E-state index in [4.69, 9.17) is 16.3 Å². The molecule has 156 valence electrons. The third kappa shape index (κ3) is 6.36. The number of hydrazone groups is 1. The summed E-state index contributed by atoms with van der Waals surface area (Å²) in [6.07, 6.45) is 1.36. The molecule has 30 heavy (non-hydrogen) atoms. The van der Waals surface area contributed by atoms with E-state index in [9.17, 15) is 9.90 Å². The van der Waals surface area contributed by atoms with Crippen LogP contribution in [0.15, 0.2) is 56.2 Å². The predicted octanol–water partition coefficient (Wildman–Crippen LogP) is 4.44. The van der Waals surface area contributed by atoms with E-state index >= 15 is 0 Å². The van der Waals surface area contributed by atoms with Gasteiger partial charge >= 0.3 is 0 Å². The predicted molar refractivity (Wildman–Crippen MR) is 122 cm³/mol. The van der Waals surface area contributed by atoms with Gasteiger partial charge in [0.05, 0.1) is 19.1 Å². The standard InChI is InChI=1S/C19H17ClN4O3S3/c1-27-15-8-4-6-12(17(15)26)9-21-22-16(25)11-29-19-24-23-18(30-19)28-10-13-5-2-3-7-14(13)20/h2-9,26H,10-11H2,1H3,(H,22,25)/b21-9-. The Morgan fingerprint density at radius 2 is 2.00 bits per heavy atom. The fourth-order valence-electron chi connectivity index (χ4n) is 2.21. The van der Waals surface area contributed by atoms with Gasteiger partial charge in [-0.15, -0.1) is 10.2 Å². The minimum atomic E-state index is -0.292. The van der Waals surface area contributed by atoms with Crippen molar-refractivity contribution in [3.8, 4) is 11.5 Å². The monoisotopic (exact) mass is 480 g/mol. The molecule has 0 aliphatic carbocycles. The normalized spacial score (nSPS) is 11.0. The summed E-state index contributed by atoms with van der Waals surface area (Å²) in [5.74, 6) is 0.846. The van der Waals surface area contributed by atoms with Crippen molar-refractivity contribution in [1.29, 1.82) is 0 Å².